The molecule has 0 atom stereocenters. The number of hydrogen-bond acceptors (Lipinski definition) is 7. The van der Waals surface area contributed by atoms with Gasteiger partial charge in [0.25, 0.3) is 0 Å². The summed E-state index contributed by atoms with van der Waals surface area (Å²) < 4.78 is 23.7. The van der Waals surface area contributed by atoms with Crippen molar-refractivity contribution in [2.45, 2.75) is 0 Å². The van der Waals surface area contributed by atoms with Crippen LogP contribution in [0.1, 0.15) is 5.56 Å². The fraction of sp³-hybridized carbons (Fsp3) is 0.304. The van der Waals surface area contributed by atoms with Crippen LogP contribution in [-0.4, -0.2) is 61.8 Å². The van der Waals surface area contributed by atoms with Crippen LogP contribution in [0.25, 0.3) is 17.0 Å². The second kappa shape index (κ2) is 9.58. The molecule has 2 N–H and O–H groups in total. The van der Waals surface area contributed by atoms with Crippen LogP contribution in [0, 0.1) is 5.82 Å². The number of nitrogens with two attached hydrogens (primary N) is 1. The van der Waals surface area contributed by atoms with Crippen molar-refractivity contribution in [1.82, 2.24) is 14.9 Å². The van der Waals surface area contributed by atoms with Crippen molar-refractivity contribution in [3.05, 3.63) is 52.8 Å². The molecule has 2 aromatic carbocycles. The SMILES string of the molecule is COc1cc2c(N)nc(N3CCN(CC=Cc4ccc(F)cc4)CC3)nc2c(Cl)c1OC. The molecule has 1 saturated heterocycles. The smallest absolute Gasteiger partial charge is 0.228 e. The molecule has 0 bridgehead atoms. The maximum atomic E-state index is 13.0. The van der Waals surface area contributed by atoms with Crippen LogP contribution in [0.2, 0.25) is 5.02 Å². The van der Waals surface area contributed by atoms with Crippen molar-refractivity contribution in [2.75, 3.05) is 57.6 Å². The number of ether oxygens (including phenoxy) is 2. The number of rotatable bonds is 6. The van der Waals surface area contributed by atoms with E-state index in [-0.39, 0.29) is 5.82 Å². The summed E-state index contributed by atoms with van der Waals surface area (Å²) in [5.41, 5.74) is 7.75. The Hall–Kier alpha value is -3.10. The molecule has 9 heteroatoms. The van der Waals surface area contributed by atoms with Gasteiger partial charge in [-0.1, -0.05) is 35.9 Å². The van der Waals surface area contributed by atoms with Crippen LogP contribution in [0.4, 0.5) is 16.2 Å². The molecule has 32 heavy (non-hydrogen) atoms. The minimum Gasteiger partial charge on any atom is -0.493 e. The quantitative estimate of drug-likeness (QED) is 0.602. The Kier molecular flexibility index (Phi) is 6.62. The lowest BCUT2D eigenvalue weighted by Crippen LogP contribution is -2.47. The van der Waals surface area contributed by atoms with Gasteiger partial charge in [0, 0.05) is 38.1 Å². The number of nitrogens with zero attached hydrogens (tertiary/aromatic N) is 4. The Morgan fingerprint density at radius 3 is 2.47 bits per heavy atom. The van der Waals surface area contributed by atoms with E-state index >= 15 is 0 Å². The van der Waals surface area contributed by atoms with Gasteiger partial charge in [0.1, 0.15) is 22.2 Å². The van der Waals surface area contributed by atoms with Crippen LogP contribution >= 0.6 is 11.6 Å². The zero-order valence-electron chi connectivity index (χ0n) is 18.0. The topological polar surface area (TPSA) is 76.7 Å². The maximum Gasteiger partial charge on any atom is 0.228 e. The minimum absolute atomic E-state index is 0.228. The van der Waals surface area contributed by atoms with Gasteiger partial charge in [0.05, 0.1) is 14.2 Å². The van der Waals surface area contributed by atoms with Gasteiger partial charge in [-0.2, -0.15) is 4.98 Å². The third-order valence-electron chi connectivity index (χ3n) is 5.49. The lowest BCUT2D eigenvalue weighted by Gasteiger charge is -2.34. The van der Waals surface area contributed by atoms with Gasteiger partial charge in [-0.05, 0) is 23.8 Å². The van der Waals surface area contributed by atoms with E-state index in [2.05, 4.69) is 25.8 Å². The lowest BCUT2D eigenvalue weighted by molar-refractivity contribution is 0.283. The summed E-state index contributed by atoms with van der Waals surface area (Å²) in [7, 11) is 3.07. The van der Waals surface area contributed by atoms with Gasteiger partial charge in [0.15, 0.2) is 11.5 Å². The van der Waals surface area contributed by atoms with E-state index in [1.54, 1.807) is 25.3 Å². The van der Waals surface area contributed by atoms with Crippen molar-refractivity contribution in [1.29, 1.82) is 0 Å². The number of nitrogen functional groups attached to an aromatic ring is 1. The fourth-order valence-corrected chi connectivity index (χ4v) is 4.04. The third-order valence-corrected chi connectivity index (χ3v) is 5.84. The zero-order valence-corrected chi connectivity index (χ0v) is 18.8. The number of methoxy groups -OCH3 is 2. The highest BCUT2D eigenvalue weighted by Crippen LogP contribution is 2.41. The first-order valence-electron chi connectivity index (χ1n) is 10.3. The molecule has 168 valence electrons. The summed E-state index contributed by atoms with van der Waals surface area (Å²) in [6, 6.07) is 8.20. The van der Waals surface area contributed by atoms with Crippen LogP contribution in [0.3, 0.4) is 0 Å². The molecule has 0 unspecified atom stereocenters. The molecule has 7 nitrogen and oxygen atoms in total. The number of aromatic nitrogens is 2. The van der Waals surface area contributed by atoms with Gasteiger partial charge in [0.2, 0.25) is 5.95 Å². The Morgan fingerprint density at radius 1 is 1.09 bits per heavy atom. The van der Waals surface area contributed by atoms with E-state index in [1.807, 2.05) is 6.08 Å². The molecule has 1 aliphatic rings. The molecule has 2 heterocycles. The first-order valence-corrected chi connectivity index (χ1v) is 10.6. The second-order valence-corrected chi connectivity index (χ2v) is 7.85. The third kappa shape index (κ3) is 4.56. The molecule has 0 spiro atoms. The van der Waals surface area contributed by atoms with Crippen molar-refractivity contribution in [3.8, 4) is 11.5 Å². The number of halogens is 2. The van der Waals surface area contributed by atoms with Gasteiger partial charge in [-0.3, -0.25) is 4.90 Å². The van der Waals surface area contributed by atoms with Crippen molar-refractivity contribution in [2.24, 2.45) is 0 Å². The van der Waals surface area contributed by atoms with Crippen LogP contribution in [0.15, 0.2) is 36.4 Å². The van der Waals surface area contributed by atoms with Crippen molar-refractivity contribution < 1.29 is 13.9 Å². The second-order valence-electron chi connectivity index (χ2n) is 7.47. The van der Waals surface area contributed by atoms with Gasteiger partial charge >= 0.3 is 0 Å². The highest BCUT2D eigenvalue weighted by molar-refractivity contribution is 6.37. The van der Waals surface area contributed by atoms with Gasteiger partial charge < -0.3 is 20.1 Å². The number of fused-ring (bicyclic) bond motifs is 1. The fourth-order valence-electron chi connectivity index (χ4n) is 3.72. The first-order chi connectivity index (χ1) is 15.5. The van der Waals surface area contributed by atoms with E-state index in [4.69, 9.17) is 26.8 Å². The molecular weight excluding hydrogens is 433 g/mol. The lowest BCUT2D eigenvalue weighted by atomic mass is 10.2. The highest BCUT2D eigenvalue weighted by Gasteiger charge is 2.22. The van der Waals surface area contributed by atoms with Crippen molar-refractivity contribution in [3.63, 3.8) is 0 Å². The summed E-state index contributed by atoms with van der Waals surface area (Å²) in [6.45, 7) is 4.05. The predicted octanol–water partition coefficient (Wildman–Crippen LogP) is 3.86. The molecule has 0 aliphatic carbocycles. The van der Waals surface area contributed by atoms with Crippen LogP contribution in [0.5, 0.6) is 11.5 Å². The van der Waals surface area contributed by atoms with Crippen LogP contribution in [-0.2, 0) is 0 Å². The Balaban J connectivity index is 1.45. The van der Waals surface area contributed by atoms with Crippen LogP contribution < -0.4 is 20.1 Å². The molecule has 1 aromatic heterocycles. The normalized spacial score (nSPS) is 14.9. The molecule has 0 saturated carbocycles. The molecule has 3 aromatic rings. The van der Waals surface area contributed by atoms with Gasteiger partial charge in [-0.15, -0.1) is 0 Å². The molecule has 0 amide bonds. The maximum absolute atomic E-state index is 13.0. The summed E-state index contributed by atoms with van der Waals surface area (Å²) in [6.07, 6.45) is 4.09. The number of benzene rings is 2. The van der Waals surface area contributed by atoms with E-state index in [1.165, 1.54) is 19.2 Å². The minimum atomic E-state index is -0.228. The van der Waals surface area contributed by atoms with Crippen molar-refractivity contribution >= 4 is 40.3 Å². The van der Waals surface area contributed by atoms with E-state index in [9.17, 15) is 4.39 Å². The summed E-state index contributed by atoms with van der Waals surface area (Å²) in [5, 5.41) is 0.975. The average molecular weight is 458 g/mol. The van der Waals surface area contributed by atoms with E-state index < -0.39 is 0 Å². The first kappa shape index (κ1) is 22.1. The number of piperazine rings is 1. The average Bonchev–Trinajstić information content (AvgIpc) is 2.81. The van der Waals surface area contributed by atoms with E-state index in [0.29, 0.717) is 39.2 Å². The molecular formula is C23H25ClFN5O2. The summed E-state index contributed by atoms with van der Waals surface area (Å²) >= 11 is 6.54. The standard InChI is InChI=1S/C23H25ClFN5O2/c1-31-18-14-17-20(19(24)21(18)32-2)27-23(28-22(17)26)30-12-10-29(11-13-30)9-3-4-15-5-7-16(25)8-6-15/h3-8,14H,9-13H2,1-2H3,(H2,26,27,28). The number of hydrogen-bond donors (Lipinski definition) is 1. The summed E-state index contributed by atoms with van der Waals surface area (Å²) in [4.78, 5) is 13.6. The molecule has 4 rings (SSSR count). The molecule has 0 radical (unpaired) electrons. The largest absolute Gasteiger partial charge is 0.493 e. The molecule has 1 fully saturated rings. The number of anilines is 2. The van der Waals surface area contributed by atoms with E-state index in [0.717, 1.165) is 38.3 Å². The predicted molar refractivity (Wildman–Crippen MR) is 126 cm³/mol. The summed E-state index contributed by atoms with van der Waals surface area (Å²) in [5.74, 6) is 1.57. The monoisotopic (exact) mass is 457 g/mol. The Labute approximate surface area is 191 Å². The Morgan fingerprint density at radius 2 is 1.81 bits per heavy atom. The highest BCUT2D eigenvalue weighted by atomic mass is 35.5. The molecule has 1 aliphatic heterocycles. The zero-order chi connectivity index (χ0) is 22.7. The van der Waals surface area contributed by atoms with Gasteiger partial charge in [-0.25, -0.2) is 9.37 Å². The Bertz CT molecular complexity index is 1130.